The molecule has 2 aromatic carbocycles. The zero-order chi connectivity index (χ0) is 20.5. The molecular weight excluding hydrogens is 385 g/mol. The van der Waals surface area contributed by atoms with Gasteiger partial charge in [0.1, 0.15) is 18.1 Å². The van der Waals surface area contributed by atoms with Crippen molar-refractivity contribution in [1.82, 2.24) is 14.8 Å². The number of carbonyl (C=O) groups is 1. The number of benzene rings is 2. The highest BCUT2D eigenvalue weighted by atomic mass is 32.2. The van der Waals surface area contributed by atoms with E-state index in [-0.39, 0.29) is 17.3 Å². The van der Waals surface area contributed by atoms with Crippen molar-refractivity contribution in [2.45, 2.75) is 11.4 Å². The summed E-state index contributed by atoms with van der Waals surface area (Å²) >= 11 is 0. The van der Waals surface area contributed by atoms with Crippen LogP contribution >= 0.6 is 0 Å². The van der Waals surface area contributed by atoms with Crippen molar-refractivity contribution in [1.29, 1.82) is 0 Å². The standard InChI is InChI=1S/C19H18FN3O4S/c1-22(25)18(24)12-23-11-17(13-3-7-15(20)8-4-13)19(21-23)14-5-9-16(10-6-14)28(2,26)27/h3-11,25H,12H2,1-2H3. The molecule has 0 aliphatic rings. The summed E-state index contributed by atoms with van der Waals surface area (Å²) in [5.74, 6) is -0.945. The van der Waals surface area contributed by atoms with E-state index < -0.39 is 15.7 Å². The van der Waals surface area contributed by atoms with Gasteiger partial charge in [-0.25, -0.2) is 17.9 Å². The summed E-state index contributed by atoms with van der Waals surface area (Å²) < 4.78 is 38.0. The number of amides is 1. The van der Waals surface area contributed by atoms with Crippen LogP contribution in [0.3, 0.4) is 0 Å². The fraction of sp³-hybridized carbons (Fsp3) is 0.158. The number of likely N-dealkylation sites (N-methyl/N-ethyl adjacent to an activating group) is 1. The molecule has 1 amide bonds. The monoisotopic (exact) mass is 403 g/mol. The lowest BCUT2D eigenvalue weighted by Crippen LogP contribution is -2.27. The number of hydrogen-bond acceptors (Lipinski definition) is 5. The Morgan fingerprint density at radius 3 is 2.21 bits per heavy atom. The number of halogens is 1. The third-order valence-corrected chi connectivity index (χ3v) is 5.26. The van der Waals surface area contributed by atoms with Crippen molar-refractivity contribution >= 4 is 15.7 Å². The fourth-order valence-corrected chi connectivity index (χ4v) is 3.29. The first-order chi connectivity index (χ1) is 13.1. The van der Waals surface area contributed by atoms with Crippen LogP contribution in [0.2, 0.25) is 0 Å². The lowest BCUT2D eigenvalue weighted by Gasteiger charge is -2.07. The minimum Gasteiger partial charge on any atom is -0.286 e. The fourth-order valence-electron chi connectivity index (χ4n) is 2.66. The molecule has 3 rings (SSSR count). The molecule has 0 unspecified atom stereocenters. The number of hydroxylamine groups is 2. The smallest absolute Gasteiger partial charge is 0.267 e. The van der Waals surface area contributed by atoms with Crippen molar-refractivity contribution < 1.29 is 22.8 Å². The third kappa shape index (κ3) is 4.26. The summed E-state index contributed by atoms with van der Waals surface area (Å²) in [6.07, 6.45) is 2.74. The number of sulfone groups is 1. The van der Waals surface area contributed by atoms with E-state index in [0.29, 0.717) is 27.4 Å². The molecule has 0 saturated heterocycles. The summed E-state index contributed by atoms with van der Waals surface area (Å²) in [4.78, 5) is 12.0. The maximum atomic E-state index is 13.3. The van der Waals surface area contributed by atoms with Crippen LogP contribution in [0.4, 0.5) is 4.39 Å². The highest BCUT2D eigenvalue weighted by Crippen LogP contribution is 2.31. The topological polar surface area (TPSA) is 92.5 Å². The van der Waals surface area contributed by atoms with E-state index in [4.69, 9.17) is 0 Å². The normalized spacial score (nSPS) is 11.4. The van der Waals surface area contributed by atoms with Gasteiger partial charge in [0, 0.05) is 30.6 Å². The van der Waals surface area contributed by atoms with Crippen molar-refractivity contribution in [3.63, 3.8) is 0 Å². The minimum absolute atomic E-state index is 0.177. The first kappa shape index (κ1) is 19.7. The van der Waals surface area contributed by atoms with Crippen molar-refractivity contribution in [3.8, 4) is 22.4 Å². The predicted octanol–water partition coefficient (Wildman–Crippen LogP) is 2.61. The Bertz CT molecular complexity index is 1110. The maximum absolute atomic E-state index is 13.3. The zero-order valence-corrected chi connectivity index (χ0v) is 16.0. The molecule has 28 heavy (non-hydrogen) atoms. The van der Waals surface area contributed by atoms with Crippen LogP contribution in [0.1, 0.15) is 0 Å². The van der Waals surface area contributed by atoms with E-state index in [1.807, 2.05) is 0 Å². The molecule has 0 bridgehead atoms. The molecule has 0 saturated carbocycles. The lowest BCUT2D eigenvalue weighted by atomic mass is 10.0. The molecule has 1 aromatic heterocycles. The van der Waals surface area contributed by atoms with Crippen LogP contribution in [0.5, 0.6) is 0 Å². The largest absolute Gasteiger partial charge is 0.286 e. The molecular formula is C19H18FN3O4S. The average Bonchev–Trinajstić information content (AvgIpc) is 3.05. The van der Waals surface area contributed by atoms with Gasteiger partial charge in [0.25, 0.3) is 5.91 Å². The Balaban J connectivity index is 2.08. The van der Waals surface area contributed by atoms with Crippen LogP contribution < -0.4 is 0 Å². The third-order valence-electron chi connectivity index (χ3n) is 4.13. The summed E-state index contributed by atoms with van der Waals surface area (Å²) in [5, 5.41) is 14.2. The van der Waals surface area contributed by atoms with Gasteiger partial charge in [-0.1, -0.05) is 24.3 Å². The molecule has 3 aromatic rings. The average molecular weight is 403 g/mol. The summed E-state index contributed by atoms with van der Waals surface area (Å²) in [6.45, 7) is -0.192. The van der Waals surface area contributed by atoms with Gasteiger partial charge in [0.05, 0.1) is 4.90 Å². The van der Waals surface area contributed by atoms with E-state index in [9.17, 15) is 22.8 Å². The van der Waals surface area contributed by atoms with E-state index >= 15 is 0 Å². The Hall–Kier alpha value is -3.04. The summed E-state index contributed by atoms with van der Waals surface area (Å²) in [5.41, 5.74) is 2.45. The van der Waals surface area contributed by atoms with Crippen molar-refractivity contribution in [2.24, 2.45) is 0 Å². The van der Waals surface area contributed by atoms with Crippen molar-refractivity contribution in [2.75, 3.05) is 13.3 Å². The van der Waals surface area contributed by atoms with Gasteiger partial charge in [-0.05, 0) is 29.8 Å². The Morgan fingerprint density at radius 1 is 1.11 bits per heavy atom. The lowest BCUT2D eigenvalue weighted by molar-refractivity contribution is -0.160. The first-order valence-corrected chi connectivity index (χ1v) is 10.1. The highest BCUT2D eigenvalue weighted by Gasteiger charge is 2.17. The summed E-state index contributed by atoms with van der Waals surface area (Å²) in [6, 6.07) is 12.0. The molecule has 0 aliphatic heterocycles. The number of carbonyl (C=O) groups excluding carboxylic acids is 1. The van der Waals surface area contributed by atoms with Gasteiger partial charge in [-0.3, -0.25) is 14.7 Å². The highest BCUT2D eigenvalue weighted by molar-refractivity contribution is 7.90. The van der Waals surface area contributed by atoms with Crippen LogP contribution in [-0.4, -0.2) is 47.7 Å². The first-order valence-electron chi connectivity index (χ1n) is 8.24. The van der Waals surface area contributed by atoms with E-state index in [1.165, 1.54) is 36.0 Å². The molecule has 0 radical (unpaired) electrons. The molecule has 1 heterocycles. The van der Waals surface area contributed by atoms with Crippen LogP contribution in [-0.2, 0) is 21.2 Å². The second-order valence-corrected chi connectivity index (χ2v) is 8.33. The summed E-state index contributed by atoms with van der Waals surface area (Å²) in [7, 11) is -2.11. The number of hydrogen-bond donors (Lipinski definition) is 1. The molecule has 9 heteroatoms. The number of nitrogens with zero attached hydrogens (tertiary/aromatic N) is 3. The Morgan fingerprint density at radius 2 is 1.68 bits per heavy atom. The maximum Gasteiger partial charge on any atom is 0.267 e. The van der Waals surface area contributed by atoms with Crippen LogP contribution in [0.15, 0.2) is 59.6 Å². The molecule has 7 nitrogen and oxygen atoms in total. The quantitative estimate of drug-likeness (QED) is 0.522. The second kappa shape index (κ2) is 7.53. The van der Waals surface area contributed by atoms with E-state index in [1.54, 1.807) is 30.5 Å². The van der Waals surface area contributed by atoms with Crippen LogP contribution in [0, 0.1) is 5.82 Å². The van der Waals surface area contributed by atoms with Gasteiger partial charge in [0.15, 0.2) is 9.84 Å². The van der Waals surface area contributed by atoms with Crippen LogP contribution in [0.25, 0.3) is 22.4 Å². The zero-order valence-electron chi connectivity index (χ0n) is 15.2. The van der Waals surface area contributed by atoms with Crippen molar-refractivity contribution in [3.05, 3.63) is 60.5 Å². The Kier molecular flexibility index (Phi) is 5.30. The van der Waals surface area contributed by atoms with E-state index in [2.05, 4.69) is 5.10 Å². The molecule has 0 aliphatic carbocycles. The molecule has 0 atom stereocenters. The van der Waals surface area contributed by atoms with Gasteiger partial charge >= 0.3 is 0 Å². The van der Waals surface area contributed by atoms with Gasteiger partial charge in [-0.15, -0.1) is 0 Å². The molecule has 0 fully saturated rings. The van der Waals surface area contributed by atoms with Gasteiger partial charge in [0.2, 0.25) is 0 Å². The minimum atomic E-state index is -3.33. The second-order valence-electron chi connectivity index (χ2n) is 6.31. The Labute approximate surface area is 161 Å². The molecule has 0 spiro atoms. The predicted molar refractivity (Wildman–Crippen MR) is 101 cm³/mol. The number of rotatable bonds is 5. The SMILES string of the molecule is CN(O)C(=O)Cn1cc(-c2ccc(F)cc2)c(-c2ccc(S(C)(=O)=O)cc2)n1. The number of aromatic nitrogens is 2. The van der Waals surface area contributed by atoms with Gasteiger partial charge < -0.3 is 0 Å². The molecule has 146 valence electrons. The molecule has 1 N–H and O–H groups in total. The van der Waals surface area contributed by atoms with Gasteiger partial charge in [-0.2, -0.15) is 5.10 Å². The van der Waals surface area contributed by atoms with E-state index in [0.717, 1.165) is 6.26 Å².